The minimum absolute atomic E-state index is 0.300. The van der Waals surface area contributed by atoms with Gasteiger partial charge in [0.25, 0.3) is 0 Å². The van der Waals surface area contributed by atoms with E-state index in [0.29, 0.717) is 21.8 Å². The highest BCUT2D eigenvalue weighted by Crippen LogP contribution is 2.26. The van der Waals surface area contributed by atoms with Gasteiger partial charge in [-0.1, -0.05) is 0 Å². The number of halogens is 2. The molecule has 0 saturated carbocycles. The van der Waals surface area contributed by atoms with E-state index in [9.17, 15) is 4.39 Å². The third-order valence-corrected chi connectivity index (χ3v) is 3.59. The van der Waals surface area contributed by atoms with E-state index >= 15 is 0 Å². The molecule has 0 radical (unpaired) electrons. The Morgan fingerprint density at radius 1 is 1.53 bits per heavy atom. The number of nitrogens with one attached hydrogen (secondary N) is 1. The van der Waals surface area contributed by atoms with Gasteiger partial charge in [0.2, 0.25) is 0 Å². The van der Waals surface area contributed by atoms with Crippen molar-refractivity contribution in [3.05, 3.63) is 22.4 Å². The molecule has 3 N–H and O–H groups in total. The molecule has 3 nitrogen and oxygen atoms in total. The van der Waals surface area contributed by atoms with Crippen LogP contribution in [0.25, 0.3) is 0 Å². The van der Waals surface area contributed by atoms with Crippen LogP contribution in [0.4, 0.5) is 15.8 Å². The maximum absolute atomic E-state index is 13.3. The second kappa shape index (κ2) is 5.69. The van der Waals surface area contributed by atoms with Crippen molar-refractivity contribution >= 4 is 27.3 Å². The Balaban J connectivity index is 1.87. The molecule has 2 rings (SSSR count). The highest BCUT2D eigenvalue weighted by molar-refractivity contribution is 9.10. The normalized spacial score (nSPS) is 19.5. The summed E-state index contributed by atoms with van der Waals surface area (Å²) in [4.78, 5) is 0. The Kier molecular flexibility index (Phi) is 4.23. The maximum Gasteiger partial charge on any atom is 0.139 e. The minimum atomic E-state index is -0.300. The lowest BCUT2D eigenvalue weighted by molar-refractivity contribution is 0.185. The van der Waals surface area contributed by atoms with Gasteiger partial charge < -0.3 is 15.8 Å². The molecule has 1 aliphatic heterocycles. The molecule has 1 aliphatic rings. The van der Waals surface area contributed by atoms with Crippen molar-refractivity contribution in [1.82, 2.24) is 0 Å². The Labute approximate surface area is 109 Å². The highest BCUT2D eigenvalue weighted by atomic mass is 79.9. The summed E-state index contributed by atoms with van der Waals surface area (Å²) < 4.78 is 19.0. The summed E-state index contributed by atoms with van der Waals surface area (Å²) in [5.74, 6) is 0.315. The zero-order valence-corrected chi connectivity index (χ0v) is 11.1. The van der Waals surface area contributed by atoms with Crippen molar-refractivity contribution in [2.24, 2.45) is 5.92 Å². The number of hydrogen-bond acceptors (Lipinski definition) is 3. The zero-order valence-electron chi connectivity index (χ0n) is 9.51. The van der Waals surface area contributed by atoms with Crippen LogP contribution in [-0.2, 0) is 4.74 Å². The highest BCUT2D eigenvalue weighted by Gasteiger charge is 2.15. The number of ether oxygens (including phenoxy) is 1. The second-order valence-corrected chi connectivity index (χ2v) is 5.15. The van der Waals surface area contributed by atoms with Crippen molar-refractivity contribution in [2.45, 2.75) is 12.8 Å². The molecule has 1 atom stereocenters. The molecule has 0 aromatic heterocycles. The van der Waals surface area contributed by atoms with Crippen molar-refractivity contribution in [2.75, 3.05) is 30.8 Å². The molecule has 0 spiro atoms. The fraction of sp³-hybridized carbons (Fsp3) is 0.500. The average Bonchev–Trinajstić information content (AvgIpc) is 2.78. The van der Waals surface area contributed by atoms with Crippen LogP contribution >= 0.6 is 15.9 Å². The Morgan fingerprint density at radius 3 is 3.06 bits per heavy atom. The number of nitrogen functional groups attached to an aromatic ring is 1. The predicted octanol–water partition coefficient (Wildman–Crippen LogP) is 3.01. The molecule has 94 valence electrons. The van der Waals surface area contributed by atoms with E-state index in [4.69, 9.17) is 10.5 Å². The topological polar surface area (TPSA) is 47.3 Å². The van der Waals surface area contributed by atoms with Crippen LogP contribution in [0.2, 0.25) is 0 Å². The van der Waals surface area contributed by atoms with E-state index in [1.165, 1.54) is 6.07 Å². The summed E-state index contributed by atoms with van der Waals surface area (Å²) in [5.41, 5.74) is 7.01. The van der Waals surface area contributed by atoms with E-state index in [0.717, 1.165) is 32.6 Å². The molecule has 1 heterocycles. The Hall–Kier alpha value is -0.810. The summed E-state index contributed by atoms with van der Waals surface area (Å²) >= 11 is 3.10. The number of anilines is 2. The van der Waals surface area contributed by atoms with E-state index < -0.39 is 0 Å². The van der Waals surface area contributed by atoms with Crippen LogP contribution in [0.15, 0.2) is 16.6 Å². The summed E-state index contributed by atoms with van der Waals surface area (Å²) in [6.45, 7) is 2.49. The largest absolute Gasteiger partial charge is 0.397 e. The molecule has 1 aromatic rings. The predicted molar refractivity (Wildman–Crippen MR) is 70.5 cm³/mol. The fourth-order valence-corrected chi connectivity index (χ4v) is 2.30. The van der Waals surface area contributed by atoms with E-state index in [1.807, 2.05) is 0 Å². The molecule has 1 unspecified atom stereocenters. The van der Waals surface area contributed by atoms with Gasteiger partial charge >= 0.3 is 0 Å². The van der Waals surface area contributed by atoms with Gasteiger partial charge in [-0.15, -0.1) is 0 Å². The first-order valence-corrected chi connectivity index (χ1v) is 6.52. The van der Waals surface area contributed by atoms with Gasteiger partial charge in [-0.3, -0.25) is 0 Å². The first-order chi connectivity index (χ1) is 8.16. The lowest BCUT2D eigenvalue weighted by Crippen LogP contribution is -2.10. The lowest BCUT2D eigenvalue weighted by atomic mass is 10.1. The van der Waals surface area contributed by atoms with Gasteiger partial charge in [-0.2, -0.15) is 0 Å². The minimum Gasteiger partial charge on any atom is -0.397 e. The number of benzene rings is 1. The summed E-state index contributed by atoms with van der Waals surface area (Å²) in [5, 5.41) is 3.17. The molecule has 0 aliphatic carbocycles. The van der Waals surface area contributed by atoms with Gasteiger partial charge in [-0.25, -0.2) is 4.39 Å². The molecule has 17 heavy (non-hydrogen) atoms. The van der Waals surface area contributed by atoms with E-state index in [1.54, 1.807) is 6.07 Å². The van der Waals surface area contributed by atoms with Crippen LogP contribution in [0, 0.1) is 11.7 Å². The third-order valence-electron chi connectivity index (χ3n) is 2.98. The second-order valence-electron chi connectivity index (χ2n) is 4.30. The fourth-order valence-electron chi connectivity index (χ4n) is 1.94. The first-order valence-electron chi connectivity index (χ1n) is 5.73. The van der Waals surface area contributed by atoms with Gasteiger partial charge in [0, 0.05) is 25.8 Å². The summed E-state index contributed by atoms with van der Waals surface area (Å²) in [6, 6.07) is 3.00. The van der Waals surface area contributed by atoms with Crippen LogP contribution in [0.1, 0.15) is 12.8 Å². The first kappa shape index (κ1) is 12.6. The Morgan fingerprint density at radius 2 is 2.35 bits per heavy atom. The number of rotatable bonds is 4. The van der Waals surface area contributed by atoms with Crippen molar-refractivity contribution in [3.63, 3.8) is 0 Å². The van der Waals surface area contributed by atoms with Crippen molar-refractivity contribution in [3.8, 4) is 0 Å². The van der Waals surface area contributed by atoms with Crippen molar-refractivity contribution < 1.29 is 9.13 Å². The van der Waals surface area contributed by atoms with Crippen LogP contribution in [0.5, 0.6) is 0 Å². The molecule has 0 amide bonds. The molecule has 1 saturated heterocycles. The molecular formula is C12H16BrFN2O. The maximum atomic E-state index is 13.3. The summed E-state index contributed by atoms with van der Waals surface area (Å²) in [6.07, 6.45) is 2.14. The number of nitrogens with two attached hydrogens (primary N) is 1. The van der Waals surface area contributed by atoms with Crippen LogP contribution < -0.4 is 11.1 Å². The van der Waals surface area contributed by atoms with Crippen LogP contribution in [0.3, 0.4) is 0 Å². The molecule has 5 heteroatoms. The SMILES string of the molecule is Nc1cc(Br)c(F)cc1NCCC1CCOC1. The molecule has 1 fully saturated rings. The quantitative estimate of drug-likeness (QED) is 0.841. The molecule has 1 aromatic carbocycles. The monoisotopic (exact) mass is 302 g/mol. The van der Waals surface area contributed by atoms with E-state index in [-0.39, 0.29) is 5.82 Å². The zero-order chi connectivity index (χ0) is 12.3. The van der Waals surface area contributed by atoms with Crippen molar-refractivity contribution in [1.29, 1.82) is 0 Å². The standard InChI is InChI=1S/C12H16BrFN2O/c13-9-5-11(15)12(6-10(9)14)16-3-1-8-2-4-17-7-8/h5-6,8,16H,1-4,7,15H2. The third kappa shape index (κ3) is 3.33. The average molecular weight is 303 g/mol. The van der Waals surface area contributed by atoms with Gasteiger partial charge in [-0.05, 0) is 40.8 Å². The Bertz CT molecular complexity index is 394. The van der Waals surface area contributed by atoms with Gasteiger partial charge in [0.15, 0.2) is 0 Å². The molecular weight excluding hydrogens is 287 g/mol. The smallest absolute Gasteiger partial charge is 0.139 e. The van der Waals surface area contributed by atoms with Crippen LogP contribution in [-0.4, -0.2) is 19.8 Å². The lowest BCUT2D eigenvalue weighted by Gasteiger charge is -2.12. The molecule has 0 bridgehead atoms. The van der Waals surface area contributed by atoms with Gasteiger partial charge in [0.1, 0.15) is 5.82 Å². The summed E-state index contributed by atoms with van der Waals surface area (Å²) in [7, 11) is 0. The van der Waals surface area contributed by atoms with Gasteiger partial charge in [0.05, 0.1) is 15.8 Å². The van der Waals surface area contributed by atoms with E-state index in [2.05, 4.69) is 21.2 Å². The number of hydrogen-bond donors (Lipinski definition) is 2.